The summed E-state index contributed by atoms with van der Waals surface area (Å²) in [7, 11) is -3.92. The van der Waals surface area contributed by atoms with Gasteiger partial charge in [0.2, 0.25) is 15.9 Å². The first-order valence-corrected chi connectivity index (χ1v) is 7.95. The number of nitrogens with two attached hydrogens (primary N) is 1. The highest BCUT2D eigenvalue weighted by atomic mass is 32.2. The summed E-state index contributed by atoms with van der Waals surface area (Å²) in [5, 5.41) is 11.8. The molecule has 1 fully saturated rings. The second kappa shape index (κ2) is 5.71. The van der Waals surface area contributed by atoms with Crippen LogP contribution in [0.2, 0.25) is 0 Å². The van der Waals surface area contributed by atoms with Crippen LogP contribution in [-0.4, -0.2) is 37.8 Å². The second-order valence-electron chi connectivity index (χ2n) is 4.70. The van der Waals surface area contributed by atoms with Crippen molar-refractivity contribution >= 4 is 21.6 Å². The molecule has 1 aliphatic rings. The molecule has 0 radical (unpaired) electrons. The lowest BCUT2D eigenvalue weighted by Crippen LogP contribution is -2.56. The van der Waals surface area contributed by atoms with Crippen LogP contribution in [0, 0.1) is 11.3 Å². The van der Waals surface area contributed by atoms with E-state index in [9.17, 15) is 13.2 Å². The van der Waals surface area contributed by atoms with E-state index in [0.717, 1.165) is 4.31 Å². The lowest BCUT2D eigenvalue weighted by Gasteiger charge is -2.33. The quantitative estimate of drug-likeness (QED) is 0.765. The minimum absolute atomic E-state index is 0.0177. The molecule has 1 amide bonds. The van der Waals surface area contributed by atoms with Crippen LogP contribution in [0.3, 0.4) is 0 Å². The molecule has 1 atom stereocenters. The van der Waals surface area contributed by atoms with Crippen molar-refractivity contribution in [1.82, 2.24) is 9.62 Å². The third-order valence-corrected chi connectivity index (χ3v) is 5.35. The molecule has 1 saturated heterocycles. The van der Waals surface area contributed by atoms with E-state index in [1.807, 2.05) is 6.07 Å². The van der Waals surface area contributed by atoms with E-state index < -0.39 is 16.1 Å². The van der Waals surface area contributed by atoms with Crippen molar-refractivity contribution in [2.45, 2.75) is 24.3 Å². The molecule has 0 bridgehead atoms. The summed E-state index contributed by atoms with van der Waals surface area (Å²) in [4.78, 5) is 11.7. The number of anilines is 1. The standard InChI is InChI=1S/C13H16N4O3S/c1-2-11-13(18)16-5-6-17(11)21(19,20)12-4-3-10(15)7-9(12)8-14/h3-4,7,11H,2,5-6,15H2,1H3,(H,16,18). The van der Waals surface area contributed by atoms with Crippen LogP contribution in [0.4, 0.5) is 5.69 Å². The molecule has 2 rings (SSSR count). The minimum atomic E-state index is -3.92. The topological polar surface area (TPSA) is 116 Å². The van der Waals surface area contributed by atoms with Gasteiger partial charge in [-0.3, -0.25) is 4.79 Å². The summed E-state index contributed by atoms with van der Waals surface area (Å²) in [5.74, 6) is -0.318. The lowest BCUT2D eigenvalue weighted by molar-refractivity contribution is -0.126. The molecule has 8 heteroatoms. The maximum absolute atomic E-state index is 12.7. The van der Waals surface area contributed by atoms with Crippen LogP contribution < -0.4 is 11.1 Å². The van der Waals surface area contributed by atoms with Crippen molar-refractivity contribution in [2.24, 2.45) is 0 Å². The molecule has 3 N–H and O–H groups in total. The Labute approximate surface area is 123 Å². The zero-order chi connectivity index (χ0) is 15.6. The van der Waals surface area contributed by atoms with Crippen molar-refractivity contribution < 1.29 is 13.2 Å². The molecule has 1 aliphatic heterocycles. The molecule has 21 heavy (non-hydrogen) atoms. The Morgan fingerprint density at radius 2 is 2.24 bits per heavy atom. The third-order valence-electron chi connectivity index (χ3n) is 3.38. The predicted octanol–water partition coefficient (Wildman–Crippen LogP) is 0.0396. The molecule has 1 heterocycles. The number of carbonyl (C=O) groups is 1. The van der Waals surface area contributed by atoms with E-state index in [1.165, 1.54) is 18.2 Å². The summed E-state index contributed by atoms with van der Waals surface area (Å²) in [5.41, 5.74) is 5.87. The highest BCUT2D eigenvalue weighted by Gasteiger charge is 2.38. The van der Waals surface area contributed by atoms with Crippen LogP contribution in [0.5, 0.6) is 0 Å². The summed E-state index contributed by atoms with van der Waals surface area (Å²) >= 11 is 0. The number of nitrogens with one attached hydrogen (secondary N) is 1. The average Bonchev–Trinajstić information content (AvgIpc) is 2.46. The Balaban J connectivity index is 2.51. The van der Waals surface area contributed by atoms with E-state index in [1.54, 1.807) is 6.92 Å². The molecular weight excluding hydrogens is 292 g/mol. The van der Waals surface area contributed by atoms with E-state index in [4.69, 9.17) is 11.0 Å². The lowest BCUT2D eigenvalue weighted by atomic mass is 10.2. The first-order chi connectivity index (χ1) is 9.91. The summed E-state index contributed by atoms with van der Waals surface area (Å²) in [6.07, 6.45) is 0.363. The first-order valence-electron chi connectivity index (χ1n) is 6.51. The zero-order valence-electron chi connectivity index (χ0n) is 11.5. The fraction of sp³-hybridized carbons (Fsp3) is 0.385. The van der Waals surface area contributed by atoms with Gasteiger partial charge in [-0.25, -0.2) is 8.42 Å². The summed E-state index contributed by atoms with van der Waals surface area (Å²) in [6, 6.07) is 5.14. The Kier molecular flexibility index (Phi) is 4.16. The highest BCUT2D eigenvalue weighted by molar-refractivity contribution is 7.89. The third kappa shape index (κ3) is 2.70. The maximum atomic E-state index is 12.7. The normalized spacial score (nSPS) is 19.8. The van der Waals surface area contributed by atoms with Crippen molar-refractivity contribution in [3.8, 4) is 6.07 Å². The van der Waals surface area contributed by atoms with Crippen LogP contribution >= 0.6 is 0 Å². The number of amides is 1. The number of carbonyl (C=O) groups excluding carboxylic acids is 1. The van der Waals surface area contributed by atoms with E-state index in [2.05, 4.69) is 5.32 Å². The fourth-order valence-electron chi connectivity index (χ4n) is 2.36. The molecule has 0 spiro atoms. The second-order valence-corrected chi connectivity index (χ2v) is 6.56. The van der Waals surface area contributed by atoms with Crippen LogP contribution in [0.1, 0.15) is 18.9 Å². The van der Waals surface area contributed by atoms with Crippen molar-refractivity contribution in [3.05, 3.63) is 23.8 Å². The molecule has 1 aromatic carbocycles. The van der Waals surface area contributed by atoms with Crippen LogP contribution in [0.15, 0.2) is 23.1 Å². The number of nitrogen functional groups attached to an aromatic ring is 1. The van der Waals surface area contributed by atoms with E-state index >= 15 is 0 Å². The molecule has 1 aromatic rings. The van der Waals surface area contributed by atoms with E-state index in [-0.39, 0.29) is 29.5 Å². The minimum Gasteiger partial charge on any atom is -0.399 e. The number of rotatable bonds is 3. The van der Waals surface area contributed by atoms with Gasteiger partial charge in [-0.05, 0) is 24.6 Å². The zero-order valence-corrected chi connectivity index (χ0v) is 12.4. The number of benzene rings is 1. The van der Waals surface area contributed by atoms with Gasteiger partial charge in [0, 0.05) is 18.8 Å². The van der Waals surface area contributed by atoms with Crippen molar-refractivity contribution in [2.75, 3.05) is 18.8 Å². The summed E-state index contributed by atoms with van der Waals surface area (Å²) < 4.78 is 26.6. The van der Waals surface area contributed by atoms with Gasteiger partial charge < -0.3 is 11.1 Å². The van der Waals surface area contributed by atoms with Gasteiger partial charge in [-0.1, -0.05) is 6.92 Å². The largest absolute Gasteiger partial charge is 0.399 e. The Morgan fingerprint density at radius 1 is 1.52 bits per heavy atom. The smallest absolute Gasteiger partial charge is 0.245 e. The van der Waals surface area contributed by atoms with Gasteiger partial charge in [0.15, 0.2) is 0 Å². The van der Waals surface area contributed by atoms with Gasteiger partial charge in [0.25, 0.3) is 0 Å². The first kappa shape index (κ1) is 15.3. The molecule has 1 unspecified atom stereocenters. The number of hydrogen-bond acceptors (Lipinski definition) is 5. The van der Waals surface area contributed by atoms with Gasteiger partial charge in [0.05, 0.1) is 5.56 Å². The average molecular weight is 308 g/mol. The SMILES string of the molecule is CCC1C(=O)NCCN1S(=O)(=O)c1ccc(N)cc1C#N. The summed E-state index contributed by atoms with van der Waals surface area (Å²) in [6.45, 7) is 2.18. The molecule has 0 aromatic heterocycles. The van der Waals surface area contributed by atoms with E-state index in [0.29, 0.717) is 12.1 Å². The Hall–Kier alpha value is -2.11. The number of piperazine rings is 1. The fourth-order valence-corrected chi connectivity index (χ4v) is 4.14. The Morgan fingerprint density at radius 3 is 2.86 bits per heavy atom. The van der Waals surface area contributed by atoms with Crippen molar-refractivity contribution in [1.29, 1.82) is 5.26 Å². The predicted molar refractivity (Wildman–Crippen MR) is 76.5 cm³/mol. The van der Waals surface area contributed by atoms with Gasteiger partial charge in [-0.2, -0.15) is 9.57 Å². The number of nitrogens with zero attached hydrogens (tertiary/aromatic N) is 2. The maximum Gasteiger partial charge on any atom is 0.245 e. The molecule has 112 valence electrons. The van der Waals surface area contributed by atoms with Crippen molar-refractivity contribution in [3.63, 3.8) is 0 Å². The molecular formula is C13H16N4O3S. The van der Waals surface area contributed by atoms with Crippen LogP contribution in [0.25, 0.3) is 0 Å². The van der Waals surface area contributed by atoms with Gasteiger partial charge in [-0.15, -0.1) is 0 Å². The Bertz CT molecular complexity index is 709. The van der Waals surface area contributed by atoms with Crippen LogP contribution in [-0.2, 0) is 14.8 Å². The number of sulfonamides is 1. The number of nitriles is 1. The van der Waals surface area contributed by atoms with Gasteiger partial charge >= 0.3 is 0 Å². The number of hydrogen-bond donors (Lipinski definition) is 2. The monoisotopic (exact) mass is 308 g/mol. The molecule has 0 saturated carbocycles. The molecule has 7 nitrogen and oxygen atoms in total. The van der Waals surface area contributed by atoms with Gasteiger partial charge in [0.1, 0.15) is 17.0 Å². The highest BCUT2D eigenvalue weighted by Crippen LogP contribution is 2.25. The molecule has 0 aliphatic carbocycles.